The topological polar surface area (TPSA) is 70.4 Å². The fraction of sp³-hybridized carbons (Fsp3) is 0.250. The van der Waals surface area contributed by atoms with Crippen LogP contribution < -0.4 is 0 Å². The van der Waals surface area contributed by atoms with Crippen molar-refractivity contribution in [3.63, 3.8) is 0 Å². The number of aliphatic hydroxyl groups excluding tert-OH is 1. The lowest BCUT2D eigenvalue weighted by Gasteiger charge is -2.15. The molecule has 1 aromatic rings. The Kier molecular flexibility index (Phi) is 3.73. The standard InChI is InChI=1S/C8H5F3INO3/c9-8(10,11)5-3(6(14)7(15)16)1-13-2-4(5)12/h1-2,6,14H,(H,15,16). The molecule has 0 bridgehead atoms. The van der Waals surface area contributed by atoms with Gasteiger partial charge in [0.1, 0.15) is 0 Å². The van der Waals surface area contributed by atoms with Gasteiger partial charge in [0, 0.05) is 21.5 Å². The van der Waals surface area contributed by atoms with E-state index in [1.165, 1.54) is 22.6 Å². The van der Waals surface area contributed by atoms with Crippen molar-refractivity contribution in [1.29, 1.82) is 0 Å². The summed E-state index contributed by atoms with van der Waals surface area (Å²) < 4.78 is 37.5. The van der Waals surface area contributed by atoms with Crippen molar-refractivity contribution in [1.82, 2.24) is 4.98 Å². The first-order chi connectivity index (χ1) is 7.25. The summed E-state index contributed by atoms with van der Waals surface area (Å²) in [5.41, 5.74) is -1.93. The third-order valence-corrected chi connectivity index (χ3v) is 2.56. The first-order valence-electron chi connectivity index (χ1n) is 3.86. The van der Waals surface area contributed by atoms with E-state index < -0.39 is 29.4 Å². The zero-order valence-corrected chi connectivity index (χ0v) is 9.65. The smallest absolute Gasteiger partial charge is 0.417 e. The lowest BCUT2D eigenvalue weighted by atomic mass is 10.1. The van der Waals surface area contributed by atoms with Gasteiger partial charge < -0.3 is 10.2 Å². The number of pyridine rings is 1. The van der Waals surface area contributed by atoms with Gasteiger partial charge in [-0.15, -0.1) is 0 Å². The zero-order chi connectivity index (χ0) is 12.5. The number of rotatable bonds is 2. The molecule has 0 spiro atoms. The molecule has 88 valence electrons. The second-order valence-electron chi connectivity index (χ2n) is 2.82. The second kappa shape index (κ2) is 4.53. The Morgan fingerprint density at radius 3 is 2.44 bits per heavy atom. The highest BCUT2D eigenvalue weighted by Crippen LogP contribution is 2.37. The Labute approximate surface area is 101 Å². The number of aliphatic carboxylic acids is 1. The van der Waals surface area contributed by atoms with E-state index in [1.807, 2.05) is 0 Å². The number of carbonyl (C=O) groups is 1. The molecule has 0 saturated carbocycles. The van der Waals surface area contributed by atoms with E-state index in [0.29, 0.717) is 6.20 Å². The summed E-state index contributed by atoms with van der Waals surface area (Å²) in [6.07, 6.45) is -5.32. The van der Waals surface area contributed by atoms with E-state index in [0.717, 1.165) is 6.20 Å². The van der Waals surface area contributed by atoms with Crippen molar-refractivity contribution in [2.24, 2.45) is 0 Å². The van der Waals surface area contributed by atoms with Crippen LogP contribution in [0, 0.1) is 3.57 Å². The summed E-state index contributed by atoms with van der Waals surface area (Å²) in [6.45, 7) is 0. The van der Waals surface area contributed by atoms with E-state index in [9.17, 15) is 18.0 Å². The number of halogens is 4. The van der Waals surface area contributed by atoms with Crippen LogP contribution >= 0.6 is 22.6 Å². The van der Waals surface area contributed by atoms with Crippen molar-refractivity contribution in [3.05, 3.63) is 27.1 Å². The highest BCUT2D eigenvalue weighted by Gasteiger charge is 2.38. The van der Waals surface area contributed by atoms with Gasteiger partial charge in [-0.2, -0.15) is 13.2 Å². The molecule has 1 unspecified atom stereocenters. The van der Waals surface area contributed by atoms with Gasteiger partial charge in [-0.1, -0.05) is 0 Å². The van der Waals surface area contributed by atoms with Crippen molar-refractivity contribution in [3.8, 4) is 0 Å². The molecular weight excluding hydrogens is 342 g/mol. The van der Waals surface area contributed by atoms with Crippen LogP contribution in [0.1, 0.15) is 17.2 Å². The van der Waals surface area contributed by atoms with Gasteiger partial charge in [-0.25, -0.2) is 4.79 Å². The highest BCUT2D eigenvalue weighted by atomic mass is 127. The maximum Gasteiger partial charge on any atom is 0.417 e. The van der Waals surface area contributed by atoms with E-state index in [4.69, 9.17) is 10.2 Å². The van der Waals surface area contributed by atoms with Crippen LogP contribution in [-0.2, 0) is 11.0 Å². The average molecular weight is 347 g/mol. The van der Waals surface area contributed by atoms with E-state index in [1.54, 1.807) is 0 Å². The lowest BCUT2D eigenvalue weighted by Crippen LogP contribution is -2.19. The molecular formula is C8H5F3INO3. The maximum absolute atomic E-state index is 12.6. The van der Waals surface area contributed by atoms with Gasteiger partial charge in [0.05, 0.1) is 5.56 Å². The highest BCUT2D eigenvalue weighted by molar-refractivity contribution is 14.1. The number of aromatic nitrogens is 1. The monoisotopic (exact) mass is 347 g/mol. The Bertz CT molecular complexity index is 421. The van der Waals surface area contributed by atoms with Crippen LogP contribution in [0.5, 0.6) is 0 Å². The van der Waals surface area contributed by atoms with Crippen molar-refractivity contribution in [2.75, 3.05) is 0 Å². The lowest BCUT2D eigenvalue weighted by molar-refractivity contribution is -0.149. The van der Waals surface area contributed by atoms with Crippen molar-refractivity contribution < 1.29 is 28.2 Å². The summed E-state index contributed by atoms with van der Waals surface area (Å²) in [4.78, 5) is 13.9. The molecule has 1 atom stereocenters. The van der Waals surface area contributed by atoms with E-state index in [2.05, 4.69) is 4.98 Å². The van der Waals surface area contributed by atoms with Gasteiger partial charge in [0.25, 0.3) is 0 Å². The second-order valence-corrected chi connectivity index (χ2v) is 3.99. The molecule has 1 aromatic heterocycles. The van der Waals surface area contributed by atoms with Gasteiger partial charge in [0.15, 0.2) is 6.10 Å². The number of hydrogen-bond acceptors (Lipinski definition) is 3. The molecule has 0 radical (unpaired) electrons. The van der Waals surface area contributed by atoms with Crippen LogP contribution in [0.15, 0.2) is 12.4 Å². The largest absolute Gasteiger partial charge is 0.479 e. The molecule has 1 rings (SSSR count). The minimum atomic E-state index is -4.73. The molecule has 0 amide bonds. The van der Waals surface area contributed by atoms with Crippen molar-refractivity contribution in [2.45, 2.75) is 12.3 Å². The maximum atomic E-state index is 12.6. The first kappa shape index (κ1) is 13.2. The summed E-state index contributed by atoms with van der Waals surface area (Å²) in [5, 5.41) is 17.6. The fourth-order valence-electron chi connectivity index (χ4n) is 1.09. The van der Waals surface area contributed by atoms with Gasteiger partial charge >= 0.3 is 12.1 Å². The molecule has 8 heteroatoms. The van der Waals surface area contributed by atoms with E-state index >= 15 is 0 Å². The van der Waals surface area contributed by atoms with Crippen LogP contribution in [0.4, 0.5) is 13.2 Å². The summed E-state index contributed by atoms with van der Waals surface area (Å²) in [7, 11) is 0. The molecule has 0 aromatic carbocycles. The molecule has 0 aliphatic carbocycles. The molecule has 1 heterocycles. The van der Waals surface area contributed by atoms with E-state index in [-0.39, 0.29) is 3.57 Å². The predicted molar refractivity (Wildman–Crippen MR) is 54.6 cm³/mol. The number of alkyl halides is 3. The minimum absolute atomic E-state index is 0.261. The minimum Gasteiger partial charge on any atom is -0.479 e. The molecule has 16 heavy (non-hydrogen) atoms. The van der Waals surface area contributed by atoms with Gasteiger partial charge in [-0.3, -0.25) is 4.98 Å². The number of aliphatic hydroxyl groups is 1. The first-order valence-corrected chi connectivity index (χ1v) is 4.94. The van der Waals surface area contributed by atoms with Crippen molar-refractivity contribution >= 4 is 28.6 Å². The average Bonchev–Trinajstić information content (AvgIpc) is 2.14. The molecule has 0 aliphatic heterocycles. The van der Waals surface area contributed by atoms with Crippen LogP contribution in [0.3, 0.4) is 0 Å². The third kappa shape index (κ3) is 2.61. The van der Waals surface area contributed by atoms with Crippen LogP contribution in [0.25, 0.3) is 0 Å². The van der Waals surface area contributed by atoms with Gasteiger partial charge in [0.2, 0.25) is 0 Å². The predicted octanol–water partition coefficient (Wildman–Crippen LogP) is 1.82. The molecule has 4 nitrogen and oxygen atoms in total. The molecule has 0 fully saturated rings. The molecule has 0 saturated heterocycles. The molecule has 0 aliphatic rings. The Balaban J connectivity index is 3.40. The number of carboxylic acids is 1. The fourth-order valence-corrected chi connectivity index (χ4v) is 1.87. The van der Waals surface area contributed by atoms with Crippen LogP contribution in [0.2, 0.25) is 0 Å². The third-order valence-electron chi connectivity index (χ3n) is 1.74. The number of nitrogens with zero attached hydrogens (tertiary/aromatic N) is 1. The Morgan fingerprint density at radius 1 is 1.44 bits per heavy atom. The Hall–Kier alpha value is -0.900. The summed E-state index contributed by atoms with van der Waals surface area (Å²) >= 11 is 1.38. The summed E-state index contributed by atoms with van der Waals surface area (Å²) in [6, 6.07) is 0. The molecule has 2 N–H and O–H groups in total. The number of hydrogen-bond donors (Lipinski definition) is 2. The summed E-state index contributed by atoms with van der Waals surface area (Å²) in [5.74, 6) is -1.76. The Morgan fingerprint density at radius 2 is 2.00 bits per heavy atom. The number of carboxylic acid groups (broad SMARTS) is 1. The van der Waals surface area contributed by atoms with Crippen LogP contribution in [-0.4, -0.2) is 21.2 Å². The SMILES string of the molecule is O=C(O)C(O)c1cncc(I)c1C(F)(F)F. The normalized spacial score (nSPS) is 13.6. The zero-order valence-electron chi connectivity index (χ0n) is 7.49. The van der Waals surface area contributed by atoms with Gasteiger partial charge in [-0.05, 0) is 22.6 Å². The quantitative estimate of drug-likeness (QED) is 0.801.